The lowest BCUT2D eigenvalue weighted by molar-refractivity contribution is 0.102. The predicted molar refractivity (Wildman–Crippen MR) is 87.5 cm³/mol. The summed E-state index contributed by atoms with van der Waals surface area (Å²) in [5.74, 6) is 0.948. The van der Waals surface area contributed by atoms with Crippen molar-refractivity contribution in [2.24, 2.45) is 0 Å². The van der Waals surface area contributed by atoms with Crippen LogP contribution in [0.3, 0.4) is 0 Å². The molecule has 1 heterocycles. The van der Waals surface area contributed by atoms with Gasteiger partial charge in [-0.1, -0.05) is 35.5 Å². The first-order valence-electron chi connectivity index (χ1n) is 7.32. The SMILES string of the molecule is CCOc1ccc(NC(=O)c2cnoc2-c2ccccc2)cc1. The predicted octanol–water partition coefficient (Wildman–Crippen LogP) is 3.99. The normalized spacial score (nSPS) is 10.3. The molecule has 2 aromatic carbocycles. The van der Waals surface area contributed by atoms with Crippen molar-refractivity contribution in [2.75, 3.05) is 11.9 Å². The molecule has 0 bridgehead atoms. The fourth-order valence-corrected chi connectivity index (χ4v) is 2.20. The number of carbonyl (C=O) groups excluding carboxylic acids is 1. The number of nitrogens with one attached hydrogen (secondary N) is 1. The van der Waals surface area contributed by atoms with Gasteiger partial charge in [-0.2, -0.15) is 0 Å². The molecule has 1 aromatic heterocycles. The van der Waals surface area contributed by atoms with Crippen molar-refractivity contribution in [3.05, 3.63) is 66.4 Å². The molecule has 116 valence electrons. The molecule has 3 rings (SSSR count). The van der Waals surface area contributed by atoms with E-state index in [-0.39, 0.29) is 5.91 Å². The van der Waals surface area contributed by atoms with Crippen molar-refractivity contribution >= 4 is 11.6 Å². The Balaban J connectivity index is 1.78. The van der Waals surface area contributed by atoms with E-state index in [1.54, 1.807) is 12.1 Å². The minimum Gasteiger partial charge on any atom is -0.494 e. The van der Waals surface area contributed by atoms with Gasteiger partial charge in [0, 0.05) is 11.3 Å². The van der Waals surface area contributed by atoms with Crippen molar-refractivity contribution in [3.8, 4) is 17.1 Å². The lowest BCUT2D eigenvalue weighted by Crippen LogP contribution is -2.12. The first kappa shape index (κ1) is 14.8. The summed E-state index contributed by atoms with van der Waals surface area (Å²) in [5.41, 5.74) is 1.88. The molecule has 5 nitrogen and oxygen atoms in total. The van der Waals surface area contributed by atoms with Gasteiger partial charge in [0.1, 0.15) is 11.3 Å². The molecule has 3 aromatic rings. The number of amides is 1. The Hall–Kier alpha value is -3.08. The maximum absolute atomic E-state index is 12.4. The molecule has 0 aliphatic rings. The second-order valence-electron chi connectivity index (χ2n) is 4.85. The molecule has 0 saturated heterocycles. The molecule has 0 aliphatic carbocycles. The maximum atomic E-state index is 12.4. The van der Waals surface area contributed by atoms with Crippen LogP contribution < -0.4 is 10.1 Å². The van der Waals surface area contributed by atoms with E-state index in [1.807, 2.05) is 49.4 Å². The third-order valence-corrected chi connectivity index (χ3v) is 3.27. The van der Waals surface area contributed by atoms with Gasteiger partial charge >= 0.3 is 0 Å². The summed E-state index contributed by atoms with van der Waals surface area (Å²) in [6, 6.07) is 16.6. The lowest BCUT2D eigenvalue weighted by atomic mass is 10.1. The number of nitrogens with zero attached hydrogens (tertiary/aromatic N) is 1. The van der Waals surface area contributed by atoms with Gasteiger partial charge in [0.05, 0.1) is 12.8 Å². The number of hydrogen-bond acceptors (Lipinski definition) is 4. The molecule has 23 heavy (non-hydrogen) atoms. The summed E-state index contributed by atoms with van der Waals surface area (Å²) in [5, 5.41) is 6.57. The number of anilines is 1. The number of aromatic nitrogens is 1. The van der Waals surface area contributed by atoms with E-state index in [1.165, 1.54) is 6.20 Å². The van der Waals surface area contributed by atoms with Crippen LogP contribution in [0.25, 0.3) is 11.3 Å². The van der Waals surface area contributed by atoms with Gasteiger partial charge < -0.3 is 14.6 Å². The molecular formula is C18H16N2O3. The van der Waals surface area contributed by atoms with Gasteiger partial charge in [0.15, 0.2) is 5.76 Å². The Morgan fingerprint density at radius 1 is 1.13 bits per heavy atom. The minimum atomic E-state index is -0.269. The second-order valence-corrected chi connectivity index (χ2v) is 4.85. The van der Waals surface area contributed by atoms with E-state index in [2.05, 4.69) is 10.5 Å². The van der Waals surface area contributed by atoms with Crippen LogP contribution >= 0.6 is 0 Å². The van der Waals surface area contributed by atoms with Crippen molar-refractivity contribution in [1.29, 1.82) is 0 Å². The number of carbonyl (C=O) groups is 1. The standard InChI is InChI=1S/C18H16N2O3/c1-2-22-15-10-8-14(9-11-15)20-18(21)16-12-19-23-17(16)13-6-4-3-5-7-13/h3-12H,2H2,1H3,(H,20,21). The molecule has 0 spiro atoms. The van der Waals surface area contributed by atoms with Gasteiger partial charge in [-0.25, -0.2) is 0 Å². The van der Waals surface area contributed by atoms with E-state index in [0.717, 1.165) is 11.3 Å². The molecule has 0 radical (unpaired) electrons. The number of hydrogen-bond donors (Lipinski definition) is 1. The minimum absolute atomic E-state index is 0.269. The quantitative estimate of drug-likeness (QED) is 0.774. The summed E-state index contributed by atoms with van der Waals surface area (Å²) < 4.78 is 10.6. The monoisotopic (exact) mass is 308 g/mol. The van der Waals surface area contributed by atoms with Crippen LogP contribution in [0.1, 0.15) is 17.3 Å². The molecular weight excluding hydrogens is 292 g/mol. The largest absolute Gasteiger partial charge is 0.494 e. The Morgan fingerprint density at radius 3 is 2.57 bits per heavy atom. The van der Waals surface area contributed by atoms with Crippen LogP contribution in [0.5, 0.6) is 5.75 Å². The van der Waals surface area contributed by atoms with Crippen LogP contribution in [0, 0.1) is 0 Å². The van der Waals surface area contributed by atoms with Crippen molar-refractivity contribution in [3.63, 3.8) is 0 Å². The zero-order valence-corrected chi connectivity index (χ0v) is 12.7. The average Bonchev–Trinajstić information content (AvgIpc) is 3.07. The molecule has 1 amide bonds. The average molecular weight is 308 g/mol. The first-order valence-corrected chi connectivity index (χ1v) is 7.32. The highest BCUT2D eigenvalue weighted by atomic mass is 16.5. The Morgan fingerprint density at radius 2 is 1.87 bits per heavy atom. The molecule has 0 aliphatic heterocycles. The van der Waals surface area contributed by atoms with Crippen molar-refractivity contribution in [1.82, 2.24) is 5.16 Å². The van der Waals surface area contributed by atoms with E-state index in [9.17, 15) is 4.79 Å². The van der Waals surface area contributed by atoms with Gasteiger partial charge in [-0.05, 0) is 31.2 Å². The third kappa shape index (κ3) is 3.40. The fourth-order valence-electron chi connectivity index (χ4n) is 2.20. The summed E-state index contributed by atoms with van der Waals surface area (Å²) >= 11 is 0. The van der Waals surface area contributed by atoms with E-state index in [4.69, 9.17) is 9.26 Å². The smallest absolute Gasteiger partial charge is 0.261 e. The molecule has 5 heteroatoms. The summed E-state index contributed by atoms with van der Waals surface area (Å²) in [6.45, 7) is 2.53. The van der Waals surface area contributed by atoms with Crippen LogP contribution in [0.2, 0.25) is 0 Å². The van der Waals surface area contributed by atoms with Gasteiger partial charge in [0.2, 0.25) is 0 Å². The highest BCUT2D eigenvalue weighted by molar-refractivity contribution is 6.07. The highest BCUT2D eigenvalue weighted by Crippen LogP contribution is 2.24. The van der Waals surface area contributed by atoms with E-state index < -0.39 is 0 Å². The molecule has 0 atom stereocenters. The number of ether oxygens (including phenoxy) is 1. The second kappa shape index (κ2) is 6.79. The molecule has 0 fully saturated rings. The third-order valence-electron chi connectivity index (χ3n) is 3.27. The molecule has 1 N–H and O–H groups in total. The zero-order chi connectivity index (χ0) is 16.1. The topological polar surface area (TPSA) is 64.4 Å². The van der Waals surface area contributed by atoms with Crippen LogP contribution in [-0.2, 0) is 0 Å². The lowest BCUT2D eigenvalue weighted by Gasteiger charge is -2.07. The van der Waals surface area contributed by atoms with Gasteiger partial charge in [0.25, 0.3) is 5.91 Å². The summed E-state index contributed by atoms with van der Waals surface area (Å²) in [7, 11) is 0. The summed E-state index contributed by atoms with van der Waals surface area (Å²) in [4.78, 5) is 12.4. The van der Waals surface area contributed by atoms with Crippen molar-refractivity contribution in [2.45, 2.75) is 6.92 Å². The molecule has 0 unspecified atom stereocenters. The van der Waals surface area contributed by atoms with Gasteiger partial charge in [-0.3, -0.25) is 4.79 Å². The zero-order valence-electron chi connectivity index (χ0n) is 12.7. The van der Waals surface area contributed by atoms with Crippen molar-refractivity contribution < 1.29 is 14.1 Å². The fraction of sp³-hybridized carbons (Fsp3) is 0.111. The number of rotatable bonds is 5. The van der Waals surface area contributed by atoms with Crippen LogP contribution in [-0.4, -0.2) is 17.7 Å². The Bertz CT molecular complexity index is 780. The van der Waals surface area contributed by atoms with Crippen LogP contribution in [0.15, 0.2) is 65.3 Å². The molecule has 0 saturated carbocycles. The van der Waals surface area contributed by atoms with E-state index >= 15 is 0 Å². The summed E-state index contributed by atoms with van der Waals surface area (Å²) in [6.07, 6.45) is 1.42. The van der Waals surface area contributed by atoms with Crippen LogP contribution in [0.4, 0.5) is 5.69 Å². The van der Waals surface area contributed by atoms with Gasteiger partial charge in [-0.15, -0.1) is 0 Å². The van der Waals surface area contributed by atoms with E-state index in [0.29, 0.717) is 23.6 Å². The Kier molecular flexibility index (Phi) is 4.38. The highest BCUT2D eigenvalue weighted by Gasteiger charge is 2.17. The Labute approximate surface area is 133 Å². The number of benzene rings is 2. The first-order chi connectivity index (χ1) is 11.3. The maximum Gasteiger partial charge on any atom is 0.261 e.